The number of β-amino-alcohol motifs (C(OH)–C–C–N with tert-alkyl or cyclic N) is 2. The first-order chi connectivity index (χ1) is 20.5. The van der Waals surface area contributed by atoms with Crippen LogP contribution in [-0.4, -0.2) is 88.5 Å². The van der Waals surface area contributed by atoms with Crippen LogP contribution in [0, 0.1) is 17.0 Å². The molecule has 0 unspecified atom stereocenters. The standard InChI is InChI=1S/C35H46F2N2O4/c1-24-4-3-12-34(2)30(11-13-35(34,43)23-39-16-14-38(15-17-39)18-19-40)28-9-6-25(20-27(41)8-5-24)21-29(28)33(42)26-7-10-31(36)32(37)22-26/h4,6-7,9-10,21-22,27,30,40-41,43H,3,5,8,11-20,23H2,1-2H3/t27-,30-,34-,35+/m0/s1. The van der Waals surface area contributed by atoms with Gasteiger partial charge in [-0.15, -0.1) is 0 Å². The van der Waals surface area contributed by atoms with Crippen LogP contribution in [0.15, 0.2) is 48.0 Å². The van der Waals surface area contributed by atoms with E-state index >= 15 is 0 Å². The quantitative estimate of drug-likeness (QED) is 0.327. The number of allylic oxidation sites excluding steroid dienone is 2. The molecule has 43 heavy (non-hydrogen) atoms. The lowest BCUT2D eigenvalue weighted by Crippen LogP contribution is -2.56. The Morgan fingerprint density at radius 1 is 1.00 bits per heavy atom. The maximum atomic E-state index is 14.2. The molecule has 2 fully saturated rings. The van der Waals surface area contributed by atoms with Gasteiger partial charge in [-0.2, -0.15) is 0 Å². The van der Waals surface area contributed by atoms with Crippen molar-refractivity contribution in [1.29, 1.82) is 0 Å². The summed E-state index contributed by atoms with van der Waals surface area (Å²) in [6.45, 7) is 8.91. The molecule has 234 valence electrons. The third-order valence-corrected chi connectivity index (χ3v) is 10.5. The van der Waals surface area contributed by atoms with Gasteiger partial charge < -0.3 is 15.3 Å². The minimum absolute atomic E-state index is 0.0771. The molecule has 4 aliphatic rings. The Hall–Kier alpha value is -2.49. The molecule has 6 rings (SSSR count). The Morgan fingerprint density at radius 2 is 1.74 bits per heavy atom. The van der Waals surface area contributed by atoms with E-state index in [1.54, 1.807) is 0 Å². The van der Waals surface area contributed by atoms with Crippen LogP contribution in [-0.2, 0) is 6.42 Å². The average molecular weight is 597 g/mol. The van der Waals surface area contributed by atoms with Gasteiger partial charge in [-0.05, 0) is 93.2 Å². The fourth-order valence-corrected chi connectivity index (χ4v) is 7.67. The Kier molecular flexibility index (Phi) is 9.83. The smallest absolute Gasteiger partial charge is 0.193 e. The maximum absolute atomic E-state index is 14.2. The second-order valence-electron chi connectivity index (χ2n) is 13.2. The number of piperazine rings is 1. The molecular weight excluding hydrogens is 550 g/mol. The Balaban J connectivity index is 1.54. The highest BCUT2D eigenvalue weighted by Gasteiger charge is 2.57. The molecule has 0 amide bonds. The molecule has 2 aromatic carbocycles. The van der Waals surface area contributed by atoms with Crippen LogP contribution in [0.1, 0.15) is 85.3 Å². The van der Waals surface area contributed by atoms with Crippen molar-refractivity contribution in [1.82, 2.24) is 9.80 Å². The summed E-state index contributed by atoms with van der Waals surface area (Å²) in [4.78, 5) is 18.5. The minimum atomic E-state index is -1.07. The van der Waals surface area contributed by atoms with E-state index in [2.05, 4.69) is 29.7 Å². The number of carbonyl (C=O) groups excluding carboxylic acids is 1. The van der Waals surface area contributed by atoms with Crippen molar-refractivity contribution in [2.24, 2.45) is 5.41 Å². The first-order valence-corrected chi connectivity index (χ1v) is 15.8. The van der Waals surface area contributed by atoms with Crippen LogP contribution < -0.4 is 0 Å². The molecule has 4 atom stereocenters. The Morgan fingerprint density at radius 3 is 2.47 bits per heavy atom. The van der Waals surface area contributed by atoms with E-state index in [9.17, 15) is 28.9 Å². The van der Waals surface area contributed by atoms with Gasteiger partial charge in [-0.3, -0.25) is 14.6 Å². The van der Waals surface area contributed by atoms with E-state index in [0.29, 0.717) is 44.3 Å². The van der Waals surface area contributed by atoms with Gasteiger partial charge in [0.15, 0.2) is 17.4 Å². The number of aliphatic hydroxyl groups is 3. The van der Waals surface area contributed by atoms with Crippen LogP contribution in [0.5, 0.6) is 0 Å². The van der Waals surface area contributed by atoms with Gasteiger partial charge >= 0.3 is 0 Å². The predicted octanol–water partition coefficient (Wildman–Crippen LogP) is 4.84. The first-order valence-electron chi connectivity index (χ1n) is 15.8. The number of hydrogen-bond acceptors (Lipinski definition) is 6. The summed E-state index contributed by atoms with van der Waals surface area (Å²) < 4.78 is 28.0. The lowest BCUT2D eigenvalue weighted by Gasteiger charge is -2.47. The summed E-state index contributed by atoms with van der Waals surface area (Å²) in [5.41, 5.74) is 1.81. The number of nitrogens with zero attached hydrogens (tertiary/aromatic N) is 2. The first kappa shape index (κ1) is 31.9. The van der Waals surface area contributed by atoms with E-state index in [-0.39, 0.29) is 23.9 Å². The SMILES string of the molecule is CC1=CCC[C@@]2(C)[C@@H](CC[C@@]2(O)CN2CCN(CCO)CC2)c2ccc(cc2C(=O)c2ccc(F)c(F)c2)C[C@@H](O)CC1. The van der Waals surface area contributed by atoms with Crippen LogP contribution in [0.25, 0.3) is 0 Å². The molecule has 2 aromatic rings. The number of benzene rings is 2. The zero-order valence-electron chi connectivity index (χ0n) is 25.5. The summed E-state index contributed by atoms with van der Waals surface area (Å²) in [5, 5.41) is 32.6. The molecule has 1 saturated heterocycles. The summed E-state index contributed by atoms with van der Waals surface area (Å²) in [5.74, 6) is -2.58. The van der Waals surface area contributed by atoms with Crippen LogP contribution in [0.2, 0.25) is 0 Å². The molecule has 2 bridgehead atoms. The molecule has 6 nitrogen and oxygen atoms in total. The van der Waals surface area contributed by atoms with E-state index in [1.807, 2.05) is 18.2 Å². The number of rotatable bonds is 6. The molecule has 0 aromatic heterocycles. The zero-order valence-corrected chi connectivity index (χ0v) is 25.5. The van der Waals surface area contributed by atoms with E-state index < -0.39 is 28.8 Å². The fourth-order valence-electron chi connectivity index (χ4n) is 7.67. The van der Waals surface area contributed by atoms with Crippen molar-refractivity contribution in [3.63, 3.8) is 0 Å². The van der Waals surface area contributed by atoms with E-state index in [1.165, 1.54) is 11.6 Å². The second-order valence-corrected chi connectivity index (χ2v) is 13.2. The van der Waals surface area contributed by atoms with Crippen molar-refractivity contribution in [2.45, 2.75) is 76.4 Å². The van der Waals surface area contributed by atoms with Gasteiger partial charge in [0.2, 0.25) is 0 Å². The minimum Gasteiger partial charge on any atom is -0.395 e. The molecule has 1 saturated carbocycles. The predicted molar refractivity (Wildman–Crippen MR) is 163 cm³/mol. The molecule has 8 heteroatoms. The van der Waals surface area contributed by atoms with Gasteiger partial charge in [0, 0.05) is 55.8 Å². The highest BCUT2D eigenvalue weighted by atomic mass is 19.2. The molecule has 1 heterocycles. The summed E-state index contributed by atoms with van der Waals surface area (Å²) in [6.07, 6.45) is 6.19. The van der Waals surface area contributed by atoms with Crippen LogP contribution in [0.4, 0.5) is 8.78 Å². The van der Waals surface area contributed by atoms with Gasteiger partial charge in [0.25, 0.3) is 0 Å². The number of hydrogen-bond donors (Lipinski definition) is 3. The maximum Gasteiger partial charge on any atom is 0.193 e. The molecule has 0 radical (unpaired) electrons. The summed E-state index contributed by atoms with van der Waals surface area (Å²) in [7, 11) is 0. The summed E-state index contributed by atoms with van der Waals surface area (Å²) in [6, 6.07) is 9.00. The Bertz CT molecular complexity index is 1340. The van der Waals surface area contributed by atoms with Crippen molar-refractivity contribution in [2.75, 3.05) is 45.9 Å². The molecular formula is C35H46F2N2O4. The van der Waals surface area contributed by atoms with Crippen molar-refractivity contribution < 1.29 is 28.9 Å². The van der Waals surface area contributed by atoms with Crippen molar-refractivity contribution in [3.05, 3.63) is 81.9 Å². The van der Waals surface area contributed by atoms with Gasteiger partial charge in [-0.1, -0.05) is 30.7 Å². The van der Waals surface area contributed by atoms with E-state index in [4.69, 9.17) is 0 Å². The number of carbonyl (C=O) groups is 1. The highest BCUT2D eigenvalue weighted by molar-refractivity contribution is 6.10. The van der Waals surface area contributed by atoms with Crippen molar-refractivity contribution in [3.8, 4) is 0 Å². The van der Waals surface area contributed by atoms with Crippen LogP contribution in [0.3, 0.4) is 0 Å². The monoisotopic (exact) mass is 596 g/mol. The number of ketones is 1. The largest absolute Gasteiger partial charge is 0.395 e. The number of aliphatic hydroxyl groups excluding tert-OH is 2. The van der Waals surface area contributed by atoms with Crippen LogP contribution >= 0.6 is 0 Å². The number of halogens is 2. The summed E-state index contributed by atoms with van der Waals surface area (Å²) >= 11 is 0. The van der Waals surface area contributed by atoms with Gasteiger partial charge in [0.05, 0.1) is 18.3 Å². The average Bonchev–Trinajstić information content (AvgIpc) is 3.23. The fraction of sp³-hybridized carbons (Fsp3) is 0.571. The zero-order chi connectivity index (χ0) is 30.8. The van der Waals surface area contributed by atoms with E-state index in [0.717, 1.165) is 68.7 Å². The third kappa shape index (κ3) is 6.79. The third-order valence-electron chi connectivity index (χ3n) is 10.5. The Labute approximate surface area is 254 Å². The topological polar surface area (TPSA) is 84.2 Å². The molecule has 0 spiro atoms. The lowest BCUT2D eigenvalue weighted by molar-refractivity contribution is -0.0888. The van der Waals surface area contributed by atoms with Crippen molar-refractivity contribution >= 4 is 5.78 Å². The molecule has 1 aliphatic heterocycles. The van der Waals surface area contributed by atoms with Gasteiger partial charge in [0.1, 0.15) is 0 Å². The lowest BCUT2D eigenvalue weighted by atomic mass is 9.64. The van der Waals surface area contributed by atoms with Gasteiger partial charge in [-0.25, -0.2) is 8.78 Å². The molecule has 3 aliphatic carbocycles. The second kappa shape index (κ2) is 13.2. The number of fused-ring (bicyclic) bond motifs is 8. The molecule has 3 N–H and O–H groups in total. The highest BCUT2D eigenvalue weighted by Crippen LogP contribution is 2.58. The normalized spacial score (nSPS) is 29.2.